The molecule has 3 rings (SSSR count). The van der Waals surface area contributed by atoms with Crippen LogP contribution in [0.1, 0.15) is 44.9 Å². The van der Waals surface area contributed by atoms with Gasteiger partial charge in [0.2, 0.25) is 5.91 Å². The van der Waals surface area contributed by atoms with Crippen LogP contribution in [0.25, 0.3) is 11.1 Å². The lowest BCUT2D eigenvalue weighted by atomic mass is 10.1. The van der Waals surface area contributed by atoms with Crippen LogP contribution in [0.2, 0.25) is 0 Å². The summed E-state index contributed by atoms with van der Waals surface area (Å²) in [5, 5.41) is 4.41. The zero-order valence-electron chi connectivity index (χ0n) is 18.5. The second-order valence-corrected chi connectivity index (χ2v) is 8.91. The number of aromatic nitrogens is 2. The molecule has 1 aromatic heterocycles. The van der Waals surface area contributed by atoms with E-state index >= 15 is 0 Å². The van der Waals surface area contributed by atoms with Crippen LogP contribution in [-0.4, -0.2) is 46.0 Å². The van der Waals surface area contributed by atoms with E-state index in [0.29, 0.717) is 18.8 Å². The van der Waals surface area contributed by atoms with E-state index in [1.165, 1.54) is 19.3 Å². The molecule has 2 heterocycles. The molecule has 0 bridgehead atoms. The van der Waals surface area contributed by atoms with E-state index in [2.05, 4.69) is 27.5 Å². The molecule has 1 aliphatic rings. The Morgan fingerprint density at radius 3 is 2.56 bits per heavy atom. The van der Waals surface area contributed by atoms with Crippen molar-refractivity contribution in [3.63, 3.8) is 0 Å². The third-order valence-corrected chi connectivity index (χ3v) is 6.25. The highest BCUT2D eigenvalue weighted by Crippen LogP contribution is 2.25. The van der Waals surface area contributed by atoms with Gasteiger partial charge in [-0.1, -0.05) is 56.5 Å². The van der Waals surface area contributed by atoms with Gasteiger partial charge in [-0.25, -0.2) is 14.8 Å². The fraction of sp³-hybridized carbons (Fsp3) is 0.435. The maximum absolute atomic E-state index is 12.5. The van der Waals surface area contributed by atoms with Crippen molar-refractivity contribution in [2.24, 2.45) is 0 Å². The van der Waals surface area contributed by atoms with Gasteiger partial charge in [0, 0.05) is 43.7 Å². The molecule has 4 amide bonds. The molecule has 1 atom stereocenters. The number of anilines is 1. The van der Waals surface area contributed by atoms with Gasteiger partial charge in [-0.15, -0.1) is 0 Å². The summed E-state index contributed by atoms with van der Waals surface area (Å²) in [5.74, 6) is 0.199. The molecule has 0 saturated carbocycles. The SMILES string of the molecule is CCCCCCCNC(=O)N(C)c1cccc(-c2cnc(CC3SC(=O)NC3=O)nc2)c1. The molecule has 0 radical (unpaired) electrons. The zero-order valence-corrected chi connectivity index (χ0v) is 19.3. The van der Waals surface area contributed by atoms with Gasteiger partial charge in [0.05, 0.1) is 0 Å². The first-order valence-electron chi connectivity index (χ1n) is 10.9. The summed E-state index contributed by atoms with van der Waals surface area (Å²) in [6.45, 7) is 2.86. The van der Waals surface area contributed by atoms with Crippen molar-refractivity contribution in [2.75, 3.05) is 18.5 Å². The van der Waals surface area contributed by atoms with E-state index in [-0.39, 0.29) is 17.2 Å². The highest BCUT2D eigenvalue weighted by molar-refractivity contribution is 8.15. The Kier molecular flexibility index (Phi) is 8.61. The summed E-state index contributed by atoms with van der Waals surface area (Å²) in [4.78, 5) is 45.8. The van der Waals surface area contributed by atoms with Crippen LogP contribution in [0.15, 0.2) is 36.7 Å². The second kappa shape index (κ2) is 11.6. The molecule has 1 fully saturated rings. The van der Waals surface area contributed by atoms with Gasteiger partial charge in [0.25, 0.3) is 5.24 Å². The highest BCUT2D eigenvalue weighted by Gasteiger charge is 2.32. The Balaban J connectivity index is 1.57. The van der Waals surface area contributed by atoms with Crippen molar-refractivity contribution >= 4 is 34.6 Å². The minimum atomic E-state index is -0.490. The summed E-state index contributed by atoms with van der Waals surface area (Å²) in [5.41, 5.74) is 2.46. The zero-order chi connectivity index (χ0) is 22.9. The summed E-state index contributed by atoms with van der Waals surface area (Å²) < 4.78 is 0. The Bertz CT molecular complexity index is 951. The largest absolute Gasteiger partial charge is 0.338 e. The van der Waals surface area contributed by atoms with Crippen molar-refractivity contribution in [2.45, 2.75) is 50.7 Å². The maximum atomic E-state index is 12.5. The van der Waals surface area contributed by atoms with E-state index in [4.69, 9.17) is 0 Å². The molecule has 1 aromatic carbocycles. The predicted molar refractivity (Wildman–Crippen MR) is 127 cm³/mol. The van der Waals surface area contributed by atoms with Gasteiger partial charge >= 0.3 is 6.03 Å². The van der Waals surface area contributed by atoms with Crippen LogP contribution in [0.5, 0.6) is 0 Å². The van der Waals surface area contributed by atoms with Crippen molar-refractivity contribution < 1.29 is 14.4 Å². The molecule has 1 aliphatic heterocycles. The number of thioether (sulfide) groups is 1. The van der Waals surface area contributed by atoms with E-state index < -0.39 is 5.25 Å². The van der Waals surface area contributed by atoms with Gasteiger partial charge in [-0.05, 0) is 24.1 Å². The topological polar surface area (TPSA) is 104 Å². The minimum Gasteiger partial charge on any atom is -0.338 e. The fourth-order valence-corrected chi connectivity index (χ4v) is 4.17. The monoisotopic (exact) mass is 455 g/mol. The molecule has 2 N–H and O–H groups in total. The van der Waals surface area contributed by atoms with Crippen LogP contribution in [0, 0.1) is 0 Å². The summed E-state index contributed by atoms with van der Waals surface area (Å²) in [6.07, 6.45) is 9.44. The normalized spacial score (nSPS) is 15.5. The molecular weight excluding hydrogens is 426 g/mol. The third kappa shape index (κ3) is 6.53. The Hall–Kier alpha value is -2.94. The van der Waals surface area contributed by atoms with E-state index in [9.17, 15) is 14.4 Å². The molecule has 32 heavy (non-hydrogen) atoms. The number of unbranched alkanes of at least 4 members (excludes halogenated alkanes) is 4. The lowest BCUT2D eigenvalue weighted by Crippen LogP contribution is -2.37. The minimum absolute atomic E-state index is 0.133. The number of benzene rings is 1. The number of amides is 4. The maximum Gasteiger partial charge on any atom is 0.321 e. The molecule has 1 unspecified atom stereocenters. The van der Waals surface area contributed by atoms with Gasteiger partial charge in [-0.3, -0.25) is 19.8 Å². The van der Waals surface area contributed by atoms with Gasteiger partial charge < -0.3 is 5.32 Å². The number of urea groups is 1. The summed E-state index contributed by atoms with van der Waals surface area (Å²) in [6, 6.07) is 7.48. The Morgan fingerprint density at radius 1 is 1.12 bits per heavy atom. The molecule has 170 valence electrons. The molecule has 2 aromatic rings. The summed E-state index contributed by atoms with van der Waals surface area (Å²) >= 11 is 0.964. The average molecular weight is 456 g/mol. The number of carbonyl (C=O) groups is 3. The smallest absolute Gasteiger partial charge is 0.321 e. The van der Waals surface area contributed by atoms with Crippen molar-refractivity contribution in [1.82, 2.24) is 20.6 Å². The van der Waals surface area contributed by atoms with E-state index in [1.807, 2.05) is 24.3 Å². The lowest BCUT2D eigenvalue weighted by Gasteiger charge is -2.19. The molecule has 0 aliphatic carbocycles. The third-order valence-electron chi connectivity index (χ3n) is 5.27. The van der Waals surface area contributed by atoms with Crippen molar-refractivity contribution in [3.8, 4) is 11.1 Å². The van der Waals surface area contributed by atoms with Crippen molar-refractivity contribution in [3.05, 3.63) is 42.5 Å². The van der Waals surface area contributed by atoms with Gasteiger partial charge in [0.15, 0.2) is 0 Å². The average Bonchev–Trinajstić information content (AvgIpc) is 3.12. The van der Waals surface area contributed by atoms with Gasteiger partial charge in [-0.2, -0.15) is 0 Å². The second-order valence-electron chi connectivity index (χ2n) is 7.73. The molecule has 0 spiro atoms. The highest BCUT2D eigenvalue weighted by atomic mass is 32.2. The number of hydrogen-bond donors (Lipinski definition) is 2. The van der Waals surface area contributed by atoms with Crippen LogP contribution in [0.3, 0.4) is 0 Å². The number of nitrogens with one attached hydrogen (secondary N) is 2. The van der Waals surface area contributed by atoms with E-state index in [1.54, 1.807) is 24.3 Å². The fourth-order valence-electron chi connectivity index (χ4n) is 3.36. The number of imide groups is 1. The number of carbonyl (C=O) groups excluding carboxylic acids is 3. The Labute approximate surface area is 192 Å². The first-order chi connectivity index (χ1) is 15.5. The lowest BCUT2D eigenvalue weighted by molar-refractivity contribution is -0.118. The quantitative estimate of drug-likeness (QED) is 0.522. The van der Waals surface area contributed by atoms with Crippen LogP contribution in [0.4, 0.5) is 15.3 Å². The molecular formula is C23H29N5O3S. The number of hydrogen-bond acceptors (Lipinski definition) is 6. The summed E-state index contributed by atoms with van der Waals surface area (Å²) in [7, 11) is 1.75. The van der Waals surface area contributed by atoms with Gasteiger partial charge in [0.1, 0.15) is 11.1 Å². The molecule has 9 heteroatoms. The number of nitrogens with zero attached hydrogens (tertiary/aromatic N) is 3. The predicted octanol–water partition coefficient (Wildman–Crippen LogP) is 4.15. The van der Waals surface area contributed by atoms with Crippen LogP contribution in [-0.2, 0) is 11.2 Å². The Morgan fingerprint density at radius 2 is 1.88 bits per heavy atom. The first kappa shape index (κ1) is 23.7. The first-order valence-corrected chi connectivity index (χ1v) is 11.8. The van der Waals surface area contributed by atoms with Crippen LogP contribution < -0.4 is 15.5 Å². The number of rotatable bonds is 10. The standard InChI is InChI=1S/C23H29N5O3S/c1-3-4-5-6-7-11-24-22(30)28(2)18-10-8-9-16(12-18)17-14-25-20(26-15-17)13-19-21(29)27-23(31)32-19/h8-10,12,14-15,19H,3-7,11,13H2,1-2H3,(H,24,30)(H,27,29,31). The van der Waals surface area contributed by atoms with E-state index in [0.717, 1.165) is 41.4 Å². The molecule has 8 nitrogen and oxygen atoms in total. The molecule has 1 saturated heterocycles. The van der Waals surface area contributed by atoms with Crippen molar-refractivity contribution in [1.29, 1.82) is 0 Å². The van der Waals surface area contributed by atoms with Crippen LogP contribution >= 0.6 is 11.8 Å².